The summed E-state index contributed by atoms with van der Waals surface area (Å²) in [6.07, 6.45) is 0.142. The highest BCUT2D eigenvalue weighted by molar-refractivity contribution is 6.02. The Hall–Kier alpha value is -2.39. The predicted molar refractivity (Wildman–Crippen MR) is 85.4 cm³/mol. The molecule has 0 heterocycles. The van der Waals surface area contributed by atoms with Crippen molar-refractivity contribution in [1.29, 1.82) is 0 Å². The van der Waals surface area contributed by atoms with Gasteiger partial charge >= 0.3 is 5.97 Å². The van der Waals surface area contributed by atoms with Gasteiger partial charge in [-0.3, -0.25) is 4.79 Å². The van der Waals surface area contributed by atoms with Crippen LogP contribution in [0.15, 0.2) is 54.6 Å². The van der Waals surface area contributed by atoms with Crippen molar-refractivity contribution >= 4 is 27.5 Å². The first-order valence-corrected chi connectivity index (χ1v) is 7.07. The molecule has 0 aliphatic carbocycles. The average molecular weight is 279 g/mol. The van der Waals surface area contributed by atoms with E-state index in [0.717, 1.165) is 0 Å². The Morgan fingerprint density at radius 2 is 1.52 bits per heavy atom. The van der Waals surface area contributed by atoms with Crippen molar-refractivity contribution < 1.29 is 9.90 Å². The summed E-state index contributed by atoms with van der Waals surface area (Å²) in [6, 6.07) is 18.8. The topological polar surface area (TPSA) is 49.3 Å². The molecule has 3 nitrogen and oxygen atoms in total. The molecule has 3 aromatic carbocycles. The van der Waals surface area contributed by atoms with E-state index in [4.69, 9.17) is 5.11 Å². The molecule has 0 aliphatic heterocycles. The van der Waals surface area contributed by atoms with Gasteiger partial charge in [-0.1, -0.05) is 48.5 Å². The fourth-order valence-electron chi connectivity index (χ4n) is 2.71. The van der Waals surface area contributed by atoms with Crippen molar-refractivity contribution in [1.82, 2.24) is 5.32 Å². The van der Waals surface area contributed by atoms with Crippen LogP contribution in [0.4, 0.5) is 0 Å². The number of carboxylic acids is 1. The van der Waals surface area contributed by atoms with E-state index >= 15 is 0 Å². The van der Waals surface area contributed by atoms with Crippen molar-refractivity contribution in [2.75, 3.05) is 6.54 Å². The zero-order valence-corrected chi connectivity index (χ0v) is 11.7. The predicted octanol–water partition coefficient (Wildman–Crippen LogP) is 3.56. The maximum atomic E-state index is 10.6. The number of benzene rings is 3. The normalized spacial score (nSPS) is 11.0. The zero-order chi connectivity index (χ0) is 14.7. The van der Waals surface area contributed by atoms with Crippen LogP contribution < -0.4 is 5.32 Å². The van der Waals surface area contributed by atoms with Gasteiger partial charge in [-0.2, -0.15) is 0 Å². The van der Waals surface area contributed by atoms with Crippen LogP contribution in [0.2, 0.25) is 0 Å². The Balaban J connectivity index is 2.01. The van der Waals surface area contributed by atoms with Gasteiger partial charge < -0.3 is 10.4 Å². The summed E-state index contributed by atoms with van der Waals surface area (Å²) in [7, 11) is 0. The Morgan fingerprint density at radius 3 is 2.10 bits per heavy atom. The molecule has 3 rings (SSSR count). The van der Waals surface area contributed by atoms with Gasteiger partial charge in [-0.15, -0.1) is 0 Å². The lowest BCUT2D eigenvalue weighted by Gasteiger charge is -2.12. The van der Waals surface area contributed by atoms with Gasteiger partial charge in [0.15, 0.2) is 0 Å². The summed E-state index contributed by atoms with van der Waals surface area (Å²) in [5, 5.41) is 16.8. The van der Waals surface area contributed by atoms with E-state index in [1.807, 2.05) is 24.3 Å². The summed E-state index contributed by atoms with van der Waals surface area (Å²) >= 11 is 0. The van der Waals surface area contributed by atoms with E-state index in [2.05, 4.69) is 35.6 Å². The van der Waals surface area contributed by atoms with Crippen molar-refractivity contribution in [2.45, 2.75) is 13.0 Å². The molecular weight excluding hydrogens is 262 g/mol. The lowest BCUT2D eigenvalue weighted by atomic mass is 9.97. The molecule has 0 spiro atoms. The molecule has 0 fully saturated rings. The van der Waals surface area contributed by atoms with Gasteiger partial charge in [0.2, 0.25) is 0 Å². The zero-order valence-electron chi connectivity index (χ0n) is 11.7. The van der Waals surface area contributed by atoms with Crippen LogP contribution in [0.25, 0.3) is 21.5 Å². The first-order valence-electron chi connectivity index (χ1n) is 7.07. The number of carbonyl (C=O) groups is 1. The quantitative estimate of drug-likeness (QED) is 0.554. The molecule has 0 aliphatic rings. The lowest BCUT2D eigenvalue weighted by molar-refractivity contribution is -0.136. The molecule has 0 amide bonds. The molecule has 3 aromatic rings. The van der Waals surface area contributed by atoms with E-state index in [1.165, 1.54) is 27.1 Å². The summed E-state index contributed by atoms with van der Waals surface area (Å²) in [5.41, 5.74) is 1.23. The molecular formula is C18H17NO2. The molecule has 0 unspecified atom stereocenters. The highest BCUT2D eigenvalue weighted by atomic mass is 16.4. The first kappa shape index (κ1) is 13.6. The summed E-state index contributed by atoms with van der Waals surface area (Å²) in [6.45, 7) is 1.15. The number of aliphatic carboxylic acids is 1. The maximum Gasteiger partial charge on any atom is 0.304 e. The van der Waals surface area contributed by atoms with Crippen LogP contribution in [-0.2, 0) is 11.3 Å². The minimum Gasteiger partial charge on any atom is -0.481 e. The number of nitrogens with one attached hydrogen (secondary N) is 1. The third-order valence-corrected chi connectivity index (χ3v) is 3.70. The summed E-state index contributed by atoms with van der Waals surface area (Å²) in [5.74, 6) is -0.773. The maximum absolute atomic E-state index is 10.6. The minimum atomic E-state index is -0.773. The van der Waals surface area contributed by atoms with Gasteiger partial charge in [0.25, 0.3) is 0 Å². The van der Waals surface area contributed by atoms with Gasteiger partial charge in [-0.25, -0.2) is 0 Å². The molecule has 3 heteroatoms. The van der Waals surface area contributed by atoms with Crippen LogP contribution in [0.1, 0.15) is 12.0 Å². The van der Waals surface area contributed by atoms with Crippen molar-refractivity contribution in [3.05, 3.63) is 60.2 Å². The van der Waals surface area contributed by atoms with E-state index in [0.29, 0.717) is 13.1 Å². The van der Waals surface area contributed by atoms with Gasteiger partial charge in [0, 0.05) is 13.1 Å². The van der Waals surface area contributed by atoms with Crippen LogP contribution in [0.3, 0.4) is 0 Å². The Kier molecular flexibility index (Phi) is 3.84. The number of hydrogen-bond donors (Lipinski definition) is 2. The third kappa shape index (κ3) is 2.88. The molecule has 0 saturated heterocycles. The molecule has 0 aromatic heterocycles. The Morgan fingerprint density at radius 1 is 0.952 bits per heavy atom. The second-order valence-electron chi connectivity index (χ2n) is 5.12. The van der Waals surface area contributed by atoms with E-state index in [1.54, 1.807) is 0 Å². The van der Waals surface area contributed by atoms with Crippen molar-refractivity contribution in [2.24, 2.45) is 0 Å². The van der Waals surface area contributed by atoms with Crippen molar-refractivity contribution in [3.8, 4) is 0 Å². The SMILES string of the molecule is O=C(O)CCNCc1c2ccccc2cc2ccccc12. The number of carboxylic acid groups (broad SMARTS) is 1. The molecule has 0 radical (unpaired) electrons. The van der Waals surface area contributed by atoms with Crippen molar-refractivity contribution in [3.63, 3.8) is 0 Å². The highest BCUT2D eigenvalue weighted by Gasteiger charge is 2.07. The molecule has 0 saturated carbocycles. The standard InChI is InChI=1S/C18H17NO2/c20-18(21)9-10-19-12-17-15-7-3-1-5-13(15)11-14-6-2-4-8-16(14)17/h1-8,11,19H,9-10,12H2,(H,20,21). The second-order valence-corrected chi connectivity index (χ2v) is 5.12. The third-order valence-electron chi connectivity index (χ3n) is 3.70. The van der Waals surface area contributed by atoms with Crippen LogP contribution >= 0.6 is 0 Å². The van der Waals surface area contributed by atoms with E-state index in [-0.39, 0.29) is 6.42 Å². The van der Waals surface area contributed by atoms with E-state index < -0.39 is 5.97 Å². The first-order chi connectivity index (χ1) is 10.3. The second kappa shape index (κ2) is 5.94. The van der Waals surface area contributed by atoms with Crippen LogP contribution in [0.5, 0.6) is 0 Å². The largest absolute Gasteiger partial charge is 0.481 e. The van der Waals surface area contributed by atoms with E-state index in [9.17, 15) is 4.79 Å². The van der Waals surface area contributed by atoms with Gasteiger partial charge in [0.1, 0.15) is 0 Å². The fraction of sp³-hybridized carbons (Fsp3) is 0.167. The lowest BCUT2D eigenvalue weighted by Crippen LogP contribution is -2.18. The molecule has 2 N–H and O–H groups in total. The molecule has 106 valence electrons. The Bertz CT molecular complexity index is 741. The number of rotatable bonds is 5. The molecule has 0 atom stereocenters. The van der Waals surface area contributed by atoms with Crippen LogP contribution in [0, 0.1) is 0 Å². The molecule has 0 bridgehead atoms. The van der Waals surface area contributed by atoms with Crippen LogP contribution in [-0.4, -0.2) is 17.6 Å². The van der Waals surface area contributed by atoms with Gasteiger partial charge in [0.05, 0.1) is 6.42 Å². The minimum absolute atomic E-state index is 0.142. The number of fused-ring (bicyclic) bond motifs is 2. The fourth-order valence-corrected chi connectivity index (χ4v) is 2.71. The highest BCUT2D eigenvalue weighted by Crippen LogP contribution is 2.28. The monoisotopic (exact) mass is 279 g/mol. The molecule has 21 heavy (non-hydrogen) atoms. The Labute approximate surface area is 123 Å². The number of hydrogen-bond acceptors (Lipinski definition) is 2. The summed E-state index contributed by atoms with van der Waals surface area (Å²) in [4.78, 5) is 10.6. The smallest absolute Gasteiger partial charge is 0.304 e. The average Bonchev–Trinajstić information content (AvgIpc) is 2.50. The summed E-state index contributed by atoms with van der Waals surface area (Å²) < 4.78 is 0. The van der Waals surface area contributed by atoms with Gasteiger partial charge in [-0.05, 0) is 33.2 Å².